The number of carbonyl (C=O) groups excluding carboxylic acids is 1. The molecule has 8 heteroatoms. The lowest BCUT2D eigenvalue weighted by Gasteiger charge is -2.32. The normalized spacial score (nSPS) is 18.8. The summed E-state index contributed by atoms with van der Waals surface area (Å²) in [6, 6.07) is 14.5. The van der Waals surface area contributed by atoms with Gasteiger partial charge in [0.25, 0.3) is 11.7 Å². The molecular weight excluding hydrogens is 379 g/mol. The van der Waals surface area contributed by atoms with Gasteiger partial charge in [0, 0.05) is 15.4 Å². The molecule has 27 heavy (non-hydrogen) atoms. The first-order valence-corrected chi connectivity index (χ1v) is 9.25. The van der Waals surface area contributed by atoms with E-state index in [1.165, 1.54) is 17.8 Å². The molecule has 2 aliphatic rings. The van der Waals surface area contributed by atoms with Crippen molar-refractivity contribution in [1.82, 2.24) is 0 Å². The van der Waals surface area contributed by atoms with Crippen LogP contribution in [0.3, 0.4) is 0 Å². The largest absolute Gasteiger partial charge is 0.406 e. The highest BCUT2D eigenvalue weighted by molar-refractivity contribution is 7.99. The van der Waals surface area contributed by atoms with Crippen molar-refractivity contribution in [2.75, 3.05) is 24.7 Å². The van der Waals surface area contributed by atoms with E-state index in [1.54, 1.807) is 12.1 Å². The smallest absolute Gasteiger partial charge is 0.338 e. The van der Waals surface area contributed by atoms with Crippen LogP contribution in [0, 0.1) is 0 Å². The molecule has 1 fully saturated rings. The van der Waals surface area contributed by atoms with Crippen LogP contribution in [-0.4, -0.2) is 31.8 Å². The van der Waals surface area contributed by atoms with Crippen molar-refractivity contribution in [3.05, 3.63) is 54.1 Å². The summed E-state index contributed by atoms with van der Waals surface area (Å²) in [5.74, 6) is -2.61. The first-order chi connectivity index (χ1) is 12.9. The number of hydrogen-bond acceptors (Lipinski definition) is 4. The summed E-state index contributed by atoms with van der Waals surface area (Å²) < 4.78 is 50.3. The summed E-state index contributed by atoms with van der Waals surface area (Å²) in [6.07, 6.45) is -3.94. The lowest BCUT2D eigenvalue weighted by Crippen LogP contribution is -2.49. The quantitative estimate of drug-likeness (QED) is 0.775. The molecule has 1 amide bonds. The molecule has 2 heterocycles. The highest BCUT2D eigenvalue weighted by Crippen LogP contribution is 2.47. The van der Waals surface area contributed by atoms with Gasteiger partial charge >= 0.3 is 6.18 Å². The number of halogens is 3. The molecular formula is C19H16F3NO3S. The molecule has 0 radical (unpaired) electrons. The number of nitrogens with zero attached hydrogens (tertiary/aromatic N) is 1. The van der Waals surface area contributed by atoms with E-state index in [9.17, 15) is 18.0 Å². The third kappa shape index (κ3) is 3.44. The molecule has 0 aliphatic carbocycles. The number of anilines is 1. The van der Waals surface area contributed by atoms with Gasteiger partial charge in [-0.15, -0.1) is 0 Å². The van der Waals surface area contributed by atoms with E-state index < -0.39 is 24.4 Å². The molecule has 1 spiro atoms. The maximum Gasteiger partial charge on any atom is 0.406 e. The molecule has 4 rings (SSSR count). The van der Waals surface area contributed by atoms with Crippen LogP contribution in [0.1, 0.15) is 12.0 Å². The summed E-state index contributed by atoms with van der Waals surface area (Å²) in [4.78, 5) is 15.3. The molecule has 0 aromatic heterocycles. The van der Waals surface area contributed by atoms with Crippen molar-refractivity contribution < 1.29 is 27.4 Å². The Kier molecular flexibility index (Phi) is 4.65. The van der Waals surface area contributed by atoms with E-state index in [-0.39, 0.29) is 18.9 Å². The summed E-state index contributed by atoms with van der Waals surface area (Å²) in [7, 11) is 0. The summed E-state index contributed by atoms with van der Waals surface area (Å²) in [5, 5.41) is 0. The average molecular weight is 395 g/mol. The van der Waals surface area contributed by atoms with Gasteiger partial charge in [0.05, 0.1) is 18.9 Å². The van der Waals surface area contributed by atoms with Crippen molar-refractivity contribution in [3.8, 4) is 0 Å². The Hall–Kier alpha value is -2.03. The molecule has 0 bridgehead atoms. The Morgan fingerprint density at radius 3 is 2.41 bits per heavy atom. The molecule has 1 saturated heterocycles. The Balaban J connectivity index is 1.75. The van der Waals surface area contributed by atoms with E-state index in [1.807, 2.05) is 30.3 Å². The van der Waals surface area contributed by atoms with Crippen LogP contribution in [0.2, 0.25) is 0 Å². The first-order valence-electron chi connectivity index (χ1n) is 8.43. The minimum atomic E-state index is -4.52. The van der Waals surface area contributed by atoms with Crippen LogP contribution in [0.5, 0.6) is 0 Å². The second-order valence-corrected chi connectivity index (χ2v) is 7.41. The average Bonchev–Trinajstić information content (AvgIpc) is 2.85. The van der Waals surface area contributed by atoms with Crippen molar-refractivity contribution >= 4 is 23.4 Å². The predicted octanol–water partition coefficient (Wildman–Crippen LogP) is 4.34. The van der Waals surface area contributed by atoms with Crippen LogP contribution in [0.25, 0.3) is 0 Å². The summed E-state index contributed by atoms with van der Waals surface area (Å²) in [6.45, 7) is -0.874. The fourth-order valence-corrected chi connectivity index (χ4v) is 4.13. The second kappa shape index (κ2) is 6.85. The number of amides is 1. The number of carbonyl (C=O) groups is 1. The molecule has 2 aliphatic heterocycles. The topological polar surface area (TPSA) is 38.8 Å². The fraction of sp³-hybridized carbons (Fsp3) is 0.316. The van der Waals surface area contributed by atoms with Gasteiger partial charge in [0.2, 0.25) is 0 Å². The highest BCUT2D eigenvalue weighted by Gasteiger charge is 2.56. The Morgan fingerprint density at radius 2 is 1.74 bits per heavy atom. The van der Waals surface area contributed by atoms with Gasteiger partial charge in [-0.1, -0.05) is 30.0 Å². The molecule has 142 valence electrons. The Bertz CT molecular complexity index is 851. The maximum atomic E-state index is 13.0. The zero-order valence-corrected chi connectivity index (χ0v) is 15.0. The maximum absolute atomic E-state index is 13.0. The zero-order valence-electron chi connectivity index (χ0n) is 14.2. The molecule has 0 unspecified atom stereocenters. The van der Waals surface area contributed by atoms with Crippen LogP contribution in [0.15, 0.2) is 58.3 Å². The van der Waals surface area contributed by atoms with Gasteiger partial charge in [-0.25, -0.2) is 0 Å². The van der Waals surface area contributed by atoms with Crippen molar-refractivity contribution in [2.24, 2.45) is 0 Å². The van der Waals surface area contributed by atoms with E-state index in [0.29, 0.717) is 16.9 Å². The van der Waals surface area contributed by atoms with Gasteiger partial charge in [-0.3, -0.25) is 9.69 Å². The monoisotopic (exact) mass is 395 g/mol. The van der Waals surface area contributed by atoms with Gasteiger partial charge in [0.1, 0.15) is 6.54 Å². The van der Waals surface area contributed by atoms with Gasteiger partial charge in [-0.2, -0.15) is 13.2 Å². The fourth-order valence-electron chi connectivity index (χ4n) is 3.25. The number of benzene rings is 2. The zero-order chi connectivity index (χ0) is 19.1. The van der Waals surface area contributed by atoms with Gasteiger partial charge < -0.3 is 9.47 Å². The molecule has 2 aromatic carbocycles. The van der Waals surface area contributed by atoms with Crippen LogP contribution >= 0.6 is 11.8 Å². The second-order valence-electron chi connectivity index (χ2n) is 6.27. The standard InChI is InChI=1S/C19H16F3NO3S/c20-18(21,22)12-23-16-8-7-14(27-13-5-2-1-3-6-13)11-15(16)19(17(23)24)25-9-4-10-26-19/h1-3,5-8,11H,4,9-10,12H2. The minimum absolute atomic E-state index is 0.177. The van der Waals surface area contributed by atoms with Crippen molar-refractivity contribution in [2.45, 2.75) is 28.2 Å². The SMILES string of the molecule is O=C1N(CC(F)(F)F)c2ccc(Sc3ccccc3)cc2C12OCCCO2. The number of ether oxygens (including phenoxy) is 2. The number of fused-ring (bicyclic) bond motifs is 2. The lowest BCUT2D eigenvalue weighted by atomic mass is 10.1. The molecule has 0 saturated carbocycles. The van der Waals surface area contributed by atoms with E-state index in [4.69, 9.17) is 9.47 Å². The first kappa shape index (κ1) is 18.3. The molecule has 2 aromatic rings. The Labute approximate surface area is 158 Å². The third-order valence-corrected chi connectivity index (χ3v) is 5.35. The van der Waals surface area contributed by atoms with Gasteiger partial charge in [0.15, 0.2) is 0 Å². The molecule has 0 N–H and O–H groups in total. The number of rotatable bonds is 3. The van der Waals surface area contributed by atoms with E-state index in [2.05, 4.69) is 0 Å². The summed E-state index contributed by atoms with van der Waals surface area (Å²) >= 11 is 1.45. The minimum Gasteiger partial charge on any atom is -0.338 e. The van der Waals surface area contributed by atoms with E-state index in [0.717, 1.165) is 9.79 Å². The highest BCUT2D eigenvalue weighted by atomic mass is 32.2. The molecule has 4 nitrogen and oxygen atoms in total. The number of hydrogen-bond donors (Lipinski definition) is 0. The number of alkyl halides is 3. The van der Waals surface area contributed by atoms with Crippen molar-refractivity contribution in [3.63, 3.8) is 0 Å². The molecule has 0 atom stereocenters. The Morgan fingerprint density at radius 1 is 1.04 bits per heavy atom. The predicted molar refractivity (Wildman–Crippen MR) is 93.6 cm³/mol. The van der Waals surface area contributed by atoms with E-state index >= 15 is 0 Å². The summed E-state index contributed by atoms with van der Waals surface area (Å²) in [5.41, 5.74) is 0.508. The third-order valence-electron chi connectivity index (χ3n) is 4.36. The van der Waals surface area contributed by atoms with Gasteiger partial charge in [-0.05, 0) is 36.8 Å². The van der Waals surface area contributed by atoms with Crippen molar-refractivity contribution in [1.29, 1.82) is 0 Å². The lowest BCUT2D eigenvalue weighted by molar-refractivity contribution is -0.257. The van der Waals surface area contributed by atoms with Crippen LogP contribution < -0.4 is 4.90 Å². The van der Waals surface area contributed by atoms with Crippen LogP contribution in [0.4, 0.5) is 18.9 Å². The van der Waals surface area contributed by atoms with Crippen LogP contribution in [-0.2, 0) is 20.1 Å².